The van der Waals surface area contributed by atoms with Crippen molar-refractivity contribution in [3.63, 3.8) is 0 Å². The minimum Gasteiger partial charge on any atom is -0.507 e. The second-order valence-corrected chi connectivity index (χ2v) is 7.85. The van der Waals surface area contributed by atoms with E-state index in [1.165, 1.54) is 54.4 Å². The Labute approximate surface area is 162 Å². The maximum Gasteiger partial charge on any atom is 0.122 e. The molecule has 138 valence electrons. The zero-order valence-corrected chi connectivity index (χ0v) is 15.9. The lowest BCUT2D eigenvalue weighted by atomic mass is 9.81. The van der Waals surface area contributed by atoms with Gasteiger partial charge in [-0.05, 0) is 53.0 Å². The molecule has 0 bridgehead atoms. The summed E-state index contributed by atoms with van der Waals surface area (Å²) < 4.78 is 0. The van der Waals surface area contributed by atoms with Crippen molar-refractivity contribution in [3.8, 4) is 5.75 Å². The summed E-state index contributed by atoms with van der Waals surface area (Å²) in [6.45, 7) is 0. The van der Waals surface area contributed by atoms with Crippen molar-refractivity contribution < 1.29 is 5.11 Å². The minimum absolute atomic E-state index is 0.504. The Morgan fingerprint density at radius 1 is 0.667 bits per heavy atom. The van der Waals surface area contributed by atoms with E-state index in [9.17, 15) is 5.11 Å². The normalized spacial score (nSPS) is 15.0. The van der Waals surface area contributed by atoms with Crippen LogP contribution in [0.25, 0.3) is 0 Å². The highest BCUT2D eigenvalue weighted by Gasteiger charge is 2.21. The van der Waals surface area contributed by atoms with Crippen LogP contribution in [0.1, 0.15) is 65.8 Å². The first-order valence-electron chi connectivity index (χ1n) is 10.2. The molecule has 0 unspecified atom stereocenters. The second-order valence-electron chi connectivity index (χ2n) is 7.85. The molecule has 0 heterocycles. The van der Waals surface area contributed by atoms with Gasteiger partial charge in [-0.1, -0.05) is 92.1 Å². The lowest BCUT2D eigenvalue weighted by molar-refractivity contribution is 0.411. The van der Waals surface area contributed by atoms with E-state index in [1.807, 2.05) is 6.07 Å². The maximum absolute atomic E-state index is 11.1. The summed E-state index contributed by atoms with van der Waals surface area (Å²) >= 11 is 0. The van der Waals surface area contributed by atoms with Gasteiger partial charge in [0.2, 0.25) is 0 Å². The summed E-state index contributed by atoms with van der Waals surface area (Å²) in [5.74, 6) is 1.03. The van der Waals surface area contributed by atoms with Gasteiger partial charge in [0, 0.05) is 6.42 Å². The van der Waals surface area contributed by atoms with Crippen LogP contribution in [0, 0.1) is 0 Å². The topological polar surface area (TPSA) is 20.2 Å². The molecule has 0 aliphatic heterocycles. The van der Waals surface area contributed by atoms with Gasteiger partial charge in [-0.15, -0.1) is 0 Å². The number of hydrogen-bond acceptors (Lipinski definition) is 1. The second kappa shape index (κ2) is 8.43. The predicted molar refractivity (Wildman–Crippen MR) is 112 cm³/mol. The fraction of sp³-hybridized carbons (Fsp3) is 0.308. The molecular weight excluding hydrogens is 328 g/mol. The zero-order valence-electron chi connectivity index (χ0n) is 15.9. The Morgan fingerprint density at radius 3 is 1.89 bits per heavy atom. The van der Waals surface area contributed by atoms with Crippen LogP contribution < -0.4 is 0 Å². The quantitative estimate of drug-likeness (QED) is 0.544. The average molecular weight is 357 g/mol. The zero-order chi connectivity index (χ0) is 18.5. The van der Waals surface area contributed by atoms with E-state index in [1.54, 1.807) is 0 Å². The van der Waals surface area contributed by atoms with Crippen LogP contribution in [0.5, 0.6) is 5.75 Å². The molecular formula is C26H28O. The Morgan fingerprint density at radius 2 is 1.26 bits per heavy atom. The highest BCUT2D eigenvalue weighted by molar-refractivity contribution is 5.48. The van der Waals surface area contributed by atoms with Crippen molar-refractivity contribution in [3.05, 3.63) is 101 Å². The van der Waals surface area contributed by atoms with Crippen molar-refractivity contribution in [2.24, 2.45) is 0 Å². The molecule has 1 fully saturated rings. The lowest BCUT2D eigenvalue weighted by Gasteiger charge is -2.25. The number of phenolic OH excluding ortho intramolecular Hbond substituents is 1. The van der Waals surface area contributed by atoms with E-state index in [0.29, 0.717) is 11.7 Å². The van der Waals surface area contributed by atoms with Gasteiger partial charge in [-0.2, -0.15) is 0 Å². The van der Waals surface area contributed by atoms with Crippen LogP contribution in [0.2, 0.25) is 0 Å². The molecule has 1 N–H and O–H groups in total. The smallest absolute Gasteiger partial charge is 0.122 e. The van der Waals surface area contributed by atoms with E-state index >= 15 is 0 Å². The first-order chi connectivity index (χ1) is 13.3. The van der Waals surface area contributed by atoms with Crippen LogP contribution >= 0.6 is 0 Å². The Hall–Kier alpha value is -2.54. The molecule has 1 saturated carbocycles. The molecule has 3 aromatic rings. The van der Waals surface area contributed by atoms with E-state index in [0.717, 1.165) is 18.4 Å². The monoisotopic (exact) mass is 356 g/mol. The fourth-order valence-corrected chi connectivity index (χ4v) is 4.40. The summed E-state index contributed by atoms with van der Waals surface area (Å²) in [7, 11) is 0. The fourth-order valence-electron chi connectivity index (χ4n) is 4.40. The number of hydrogen-bond donors (Lipinski definition) is 1. The number of phenols is 1. The third-order valence-electron chi connectivity index (χ3n) is 5.81. The Bertz CT molecular complexity index is 861. The van der Waals surface area contributed by atoms with E-state index in [-0.39, 0.29) is 0 Å². The minimum atomic E-state index is 0.504. The van der Waals surface area contributed by atoms with Gasteiger partial charge in [0.1, 0.15) is 5.75 Å². The SMILES string of the molecule is Oc1c(Cc2ccccc2)cc(Cc2ccccc2)cc1C1CCCCC1. The average Bonchev–Trinajstić information content (AvgIpc) is 2.72. The summed E-state index contributed by atoms with van der Waals surface area (Å²) in [4.78, 5) is 0. The summed E-state index contributed by atoms with van der Waals surface area (Å²) in [5.41, 5.74) is 6.12. The van der Waals surface area contributed by atoms with Crippen molar-refractivity contribution >= 4 is 0 Å². The summed E-state index contributed by atoms with van der Waals surface area (Å²) in [6.07, 6.45) is 8.00. The standard InChI is InChI=1S/C26H28O/c27-26-24(17-21-12-6-2-7-13-21)18-22(16-20-10-4-1-5-11-20)19-25(26)23-14-8-3-9-15-23/h1-2,4-7,10-13,18-19,23,27H,3,8-9,14-17H2. The number of aromatic hydroxyl groups is 1. The molecule has 4 rings (SSSR count). The molecule has 0 spiro atoms. The number of rotatable bonds is 5. The van der Waals surface area contributed by atoms with Crippen LogP contribution in [-0.2, 0) is 12.8 Å². The number of benzene rings is 3. The molecule has 0 amide bonds. The van der Waals surface area contributed by atoms with Crippen LogP contribution in [-0.4, -0.2) is 5.11 Å². The third kappa shape index (κ3) is 4.42. The van der Waals surface area contributed by atoms with Gasteiger partial charge in [0.15, 0.2) is 0 Å². The molecule has 1 heteroatoms. The molecule has 0 saturated heterocycles. The first-order valence-corrected chi connectivity index (χ1v) is 10.2. The summed E-state index contributed by atoms with van der Waals surface area (Å²) in [5, 5.41) is 11.1. The van der Waals surface area contributed by atoms with Crippen molar-refractivity contribution in [2.75, 3.05) is 0 Å². The first kappa shape index (κ1) is 17.9. The molecule has 1 aliphatic rings. The lowest BCUT2D eigenvalue weighted by Crippen LogP contribution is -2.07. The van der Waals surface area contributed by atoms with E-state index in [4.69, 9.17) is 0 Å². The van der Waals surface area contributed by atoms with Crippen molar-refractivity contribution in [2.45, 2.75) is 50.9 Å². The molecule has 0 atom stereocenters. The largest absolute Gasteiger partial charge is 0.507 e. The van der Waals surface area contributed by atoms with Gasteiger partial charge < -0.3 is 5.11 Å². The molecule has 0 aromatic heterocycles. The Kier molecular flexibility index (Phi) is 5.58. The predicted octanol–water partition coefficient (Wildman–Crippen LogP) is 6.62. The van der Waals surface area contributed by atoms with Crippen LogP contribution in [0.3, 0.4) is 0 Å². The van der Waals surface area contributed by atoms with Gasteiger partial charge in [0.05, 0.1) is 0 Å². The van der Waals surface area contributed by atoms with Crippen LogP contribution in [0.15, 0.2) is 72.8 Å². The van der Waals surface area contributed by atoms with E-state index < -0.39 is 0 Å². The van der Waals surface area contributed by atoms with Crippen LogP contribution in [0.4, 0.5) is 0 Å². The molecule has 1 aliphatic carbocycles. The Balaban J connectivity index is 1.70. The van der Waals surface area contributed by atoms with E-state index in [2.05, 4.69) is 66.7 Å². The van der Waals surface area contributed by atoms with Gasteiger partial charge in [-0.25, -0.2) is 0 Å². The highest BCUT2D eigenvalue weighted by atomic mass is 16.3. The highest BCUT2D eigenvalue weighted by Crippen LogP contribution is 2.40. The van der Waals surface area contributed by atoms with Gasteiger partial charge >= 0.3 is 0 Å². The molecule has 0 radical (unpaired) electrons. The van der Waals surface area contributed by atoms with Gasteiger partial charge in [0.25, 0.3) is 0 Å². The molecule has 1 nitrogen and oxygen atoms in total. The molecule has 27 heavy (non-hydrogen) atoms. The maximum atomic E-state index is 11.1. The third-order valence-corrected chi connectivity index (χ3v) is 5.81. The van der Waals surface area contributed by atoms with Crippen molar-refractivity contribution in [1.29, 1.82) is 0 Å². The molecule has 3 aromatic carbocycles. The van der Waals surface area contributed by atoms with Crippen molar-refractivity contribution in [1.82, 2.24) is 0 Å². The van der Waals surface area contributed by atoms with Gasteiger partial charge in [-0.3, -0.25) is 0 Å². The summed E-state index contributed by atoms with van der Waals surface area (Å²) in [6, 6.07) is 25.6.